The zero-order valence-electron chi connectivity index (χ0n) is 13.8. The van der Waals surface area contributed by atoms with Crippen molar-refractivity contribution in [1.82, 2.24) is 4.98 Å². The van der Waals surface area contributed by atoms with E-state index in [2.05, 4.69) is 15.6 Å². The van der Waals surface area contributed by atoms with Gasteiger partial charge in [0.05, 0.1) is 5.52 Å². The summed E-state index contributed by atoms with van der Waals surface area (Å²) in [6.45, 7) is 5.72. The van der Waals surface area contributed by atoms with Gasteiger partial charge >= 0.3 is 5.76 Å². The largest absolute Gasteiger partial charge is 0.417 e. The van der Waals surface area contributed by atoms with Crippen LogP contribution in [0.3, 0.4) is 0 Å². The fourth-order valence-corrected chi connectivity index (χ4v) is 2.47. The predicted molar refractivity (Wildman–Crippen MR) is 94.5 cm³/mol. The molecule has 0 unspecified atom stereocenters. The monoisotopic (exact) mass is 325 g/mol. The molecular formula is C18H19N3O3. The van der Waals surface area contributed by atoms with Crippen molar-refractivity contribution in [3.8, 4) is 0 Å². The van der Waals surface area contributed by atoms with Crippen LogP contribution >= 0.6 is 0 Å². The first-order chi connectivity index (χ1) is 11.4. The van der Waals surface area contributed by atoms with E-state index in [1.807, 2.05) is 32.0 Å². The molecule has 0 fully saturated rings. The average Bonchev–Trinajstić information content (AvgIpc) is 2.90. The van der Waals surface area contributed by atoms with E-state index in [0.717, 1.165) is 22.5 Å². The van der Waals surface area contributed by atoms with Crippen molar-refractivity contribution in [3.63, 3.8) is 0 Å². The normalized spacial score (nSPS) is 12.1. The van der Waals surface area contributed by atoms with Crippen LogP contribution in [0.5, 0.6) is 0 Å². The van der Waals surface area contributed by atoms with Gasteiger partial charge in [0.2, 0.25) is 5.91 Å². The SMILES string of the molecule is Cc1ccc(C)c(NC(=O)[C@H](C)Nc2ccc3oc(=O)[nH]c3c2)c1. The molecule has 0 saturated heterocycles. The highest BCUT2D eigenvalue weighted by molar-refractivity contribution is 5.97. The number of nitrogens with one attached hydrogen (secondary N) is 3. The maximum Gasteiger partial charge on any atom is 0.417 e. The lowest BCUT2D eigenvalue weighted by Crippen LogP contribution is -2.32. The topological polar surface area (TPSA) is 87.1 Å². The van der Waals surface area contributed by atoms with E-state index in [1.165, 1.54) is 0 Å². The van der Waals surface area contributed by atoms with Gasteiger partial charge in [0.1, 0.15) is 6.04 Å². The summed E-state index contributed by atoms with van der Waals surface area (Å²) in [5.74, 6) is -0.632. The zero-order chi connectivity index (χ0) is 17.3. The molecule has 24 heavy (non-hydrogen) atoms. The van der Waals surface area contributed by atoms with Gasteiger partial charge in [-0.3, -0.25) is 9.78 Å². The Bertz CT molecular complexity index is 956. The zero-order valence-corrected chi connectivity index (χ0v) is 13.8. The molecule has 0 saturated carbocycles. The van der Waals surface area contributed by atoms with Crippen LogP contribution in [-0.4, -0.2) is 16.9 Å². The summed E-state index contributed by atoms with van der Waals surface area (Å²) in [5, 5.41) is 6.06. The summed E-state index contributed by atoms with van der Waals surface area (Å²) in [7, 11) is 0. The Morgan fingerprint density at radius 3 is 2.75 bits per heavy atom. The van der Waals surface area contributed by atoms with Crippen LogP contribution in [0.25, 0.3) is 11.1 Å². The minimum absolute atomic E-state index is 0.135. The third kappa shape index (κ3) is 3.32. The van der Waals surface area contributed by atoms with Crippen molar-refractivity contribution in [2.24, 2.45) is 0 Å². The lowest BCUT2D eigenvalue weighted by Gasteiger charge is -2.16. The fraction of sp³-hybridized carbons (Fsp3) is 0.222. The van der Waals surface area contributed by atoms with Crippen molar-refractivity contribution in [2.75, 3.05) is 10.6 Å². The molecular weight excluding hydrogens is 306 g/mol. The number of aryl methyl sites for hydroxylation is 2. The highest BCUT2D eigenvalue weighted by atomic mass is 16.4. The summed E-state index contributed by atoms with van der Waals surface area (Å²) in [6, 6.07) is 10.7. The highest BCUT2D eigenvalue weighted by Crippen LogP contribution is 2.19. The number of anilines is 2. The summed E-state index contributed by atoms with van der Waals surface area (Å²) >= 11 is 0. The number of aromatic amines is 1. The molecule has 3 aromatic rings. The number of aromatic nitrogens is 1. The minimum atomic E-state index is -0.497. The molecule has 1 heterocycles. The molecule has 124 valence electrons. The molecule has 3 N–H and O–H groups in total. The van der Waals surface area contributed by atoms with Gasteiger partial charge in [-0.05, 0) is 56.2 Å². The number of fused-ring (bicyclic) bond motifs is 1. The molecule has 0 aliphatic rings. The molecule has 2 aromatic carbocycles. The molecule has 3 rings (SSSR count). The van der Waals surface area contributed by atoms with Gasteiger partial charge in [-0.25, -0.2) is 4.79 Å². The number of benzene rings is 2. The molecule has 0 spiro atoms. The van der Waals surface area contributed by atoms with Crippen LogP contribution in [0, 0.1) is 13.8 Å². The molecule has 0 aliphatic carbocycles. The molecule has 6 heteroatoms. The van der Waals surface area contributed by atoms with Crippen LogP contribution in [-0.2, 0) is 4.79 Å². The molecule has 0 bridgehead atoms. The van der Waals surface area contributed by atoms with Crippen LogP contribution < -0.4 is 16.4 Å². The molecule has 1 amide bonds. The van der Waals surface area contributed by atoms with E-state index in [9.17, 15) is 9.59 Å². The van der Waals surface area contributed by atoms with Crippen molar-refractivity contribution < 1.29 is 9.21 Å². The van der Waals surface area contributed by atoms with Gasteiger partial charge in [0.15, 0.2) is 5.58 Å². The number of oxazole rings is 1. The van der Waals surface area contributed by atoms with E-state index in [0.29, 0.717) is 11.1 Å². The Hall–Kier alpha value is -3.02. The second-order valence-electron chi connectivity index (χ2n) is 5.90. The smallest absolute Gasteiger partial charge is 0.408 e. The summed E-state index contributed by atoms with van der Waals surface area (Å²) in [5.41, 5.74) is 4.71. The third-order valence-electron chi connectivity index (χ3n) is 3.85. The Morgan fingerprint density at radius 1 is 1.17 bits per heavy atom. The highest BCUT2D eigenvalue weighted by Gasteiger charge is 2.14. The molecule has 1 aromatic heterocycles. The summed E-state index contributed by atoms with van der Waals surface area (Å²) in [6.07, 6.45) is 0. The number of hydrogen-bond donors (Lipinski definition) is 3. The number of carbonyl (C=O) groups excluding carboxylic acids is 1. The van der Waals surface area contributed by atoms with Crippen molar-refractivity contribution in [2.45, 2.75) is 26.8 Å². The van der Waals surface area contributed by atoms with Crippen LogP contribution in [0.2, 0.25) is 0 Å². The van der Waals surface area contributed by atoms with Gasteiger partial charge in [0, 0.05) is 11.4 Å². The number of hydrogen-bond acceptors (Lipinski definition) is 4. The lowest BCUT2D eigenvalue weighted by atomic mass is 10.1. The first-order valence-corrected chi connectivity index (χ1v) is 7.70. The number of amides is 1. The molecule has 6 nitrogen and oxygen atoms in total. The Labute approximate surface area is 138 Å². The number of H-pyrrole nitrogens is 1. The number of carbonyl (C=O) groups is 1. The maximum absolute atomic E-state index is 12.4. The summed E-state index contributed by atoms with van der Waals surface area (Å²) in [4.78, 5) is 26.2. The van der Waals surface area contributed by atoms with Gasteiger partial charge in [-0.15, -0.1) is 0 Å². The van der Waals surface area contributed by atoms with Crippen LogP contribution in [0.15, 0.2) is 45.6 Å². The predicted octanol–water partition coefficient (Wildman–Crippen LogP) is 3.18. The van der Waals surface area contributed by atoms with Gasteiger partial charge in [-0.2, -0.15) is 0 Å². The fourth-order valence-electron chi connectivity index (χ4n) is 2.47. The number of rotatable bonds is 4. The average molecular weight is 325 g/mol. The van der Waals surface area contributed by atoms with Crippen molar-refractivity contribution in [3.05, 3.63) is 58.1 Å². The molecule has 1 atom stereocenters. The Morgan fingerprint density at radius 2 is 1.96 bits per heavy atom. The Kier molecular flexibility index (Phi) is 4.12. The maximum atomic E-state index is 12.4. The molecule has 0 aliphatic heterocycles. The first kappa shape index (κ1) is 15.9. The van der Waals surface area contributed by atoms with Crippen molar-refractivity contribution >= 4 is 28.4 Å². The second-order valence-corrected chi connectivity index (χ2v) is 5.90. The van der Waals surface area contributed by atoms with E-state index in [4.69, 9.17) is 4.42 Å². The van der Waals surface area contributed by atoms with Gasteiger partial charge in [-0.1, -0.05) is 12.1 Å². The van der Waals surface area contributed by atoms with Crippen molar-refractivity contribution in [1.29, 1.82) is 0 Å². The Balaban J connectivity index is 1.72. The van der Waals surface area contributed by atoms with Gasteiger partial charge < -0.3 is 15.1 Å². The van der Waals surface area contributed by atoms with Crippen LogP contribution in [0.4, 0.5) is 11.4 Å². The van der Waals surface area contributed by atoms with E-state index in [-0.39, 0.29) is 5.91 Å². The van der Waals surface area contributed by atoms with E-state index in [1.54, 1.807) is 25.1 Å². The van der Waals surface area contributed by atoms with E-state index < -0.39 is 11.8 Å². The van der Waals surface area contributed by atoms with Crippen LogP contribution in [0.1, 0.15) is 18.1 Å². The van der Waals surface area contributed by atoms with Gasteiger partial charge in [0.25, 0.3) is 0 Å². The third-order valence-corrected chi connectivity index (χ3v) is 3.85. The first-order valence-electron chi connectivity index (χ1n) is 7.70. The standard InChI is InChI=1S/C18H19N3O3/c1-10-4-5-11(2)14(8-10)20-17(22)12(3)19-13-6-7-16-15(9-13)21-18(23)24-16/h4-9,12,19H,1-3H3,(H,20,22)(H,21,23)/t12-/m0/s1. The molecule has 0 radical (unpaired) electrons. The second kappa shape index (κ2) is 6.23. The summed E-state index contributed by atoms with van der Waals surface area (Å²) < 4.78 is 4.96. The minimum Gasteiger partial charge on any atom is -0.408 e. The quantitative estimate of drug-likeness (QED) is 0.687. The van der Waals surface area contributed by atoms with E-state index >= 15 is 0 Å². The lowest BCUT2D eigenvalue weighted by molar-refractivity contribution is -0.116.